The maximum atomic E-state index is 13.8. The molecule has 0 amide bonds. The molecule has 2 heterocycles. The first-order valence-corrected chi connectivity index (χ1v) is 12.5. The maximum Gasteiger partial charge on any atom is 0.243 e. The number of hydrogen-bond acceptors (Lipinski definition) is 6. The van der Waals surface area contributed by atoms with E-state index in [1.54, 1.807) is 44.8 Å². The quantitative estimate of drug-likeness (QED) is 0.506. The Labute approximate surface area is 195 Å². The highest BCUT2D eigenvalue weighted by Gasteiger charge is 2.31. The first-order valence-electron chi connectivity index (χ1n) is 11.1. The van der Waals surface area contributed by atoms with Gasteiger partial charge in [-0.15, -0.1) is 0 Å². The first-order chi connectivity index (χ1) is 15.9. The minimum Gasteiger partial charge on any atom is -0.497 e. The molecule has 0 bridgehead atoms. The van der Waals surface area contributed by atoms with E-state index in [-0.39, 0.29) is 16.7 Å². The number of nitrogens with zero attached hydrogens (tertiary/aromatic N) is 3. The molecule has 1 aliphatic rings. The summed E-state index contributed by atoms with van der Waals surface area (Å²) in [6.45, 7) is 1.87. The number of likely N-dealkylation sites (tertiary alicyclic amines) is 1. The van der Waals surface area contributed by atoms with Gasteiger partial charge in [-0.2, -0.15) is 4.31 Å². The molecule has 0 saturated carbocycles. The van der Waals surface area contributed by atoms with Crippen LogP contribution >= 0.6 is 0 Å². The summed E-state index contributed by atoms with van der Waals surface area (Å²) >= 11 is 0. The standard InChI is InChI=1S/C25H29N3O4S/c1-27(33(30,31)25-5-3-4-20-17-26-13-10-24(20)25)21(18-28-14-11-22(29)12-15-28)16-19-6-8-23(32-2)9-7-19/h3-10,13,17,21H,11-12,14-16,18H2,1-2H3. The predicted octanol–water partition coefficient (Wildman–Crippen LogP) is 3.14. The molecule has 1 aliphatic heterocycles. The van der Waals surface area contributed by atoms with Crippen LogP contribution in [-0.4, -0.2) is 68.2 Å². The number of likely N-dealkylation sites (N-methyl/N-ethyl adjacent to an activating group) is 1. The Balaban J connectivity index is 1.65. The van der Waals surface area contributed by atoms with Crippen LogP contribution in [0.25, 0.3) is 10.8 Å². The molecule has 0 spiro atoms. The fourth-order valence-electron chi connectivity index (χ4n) is 4.29. The number of fused-ring (bicyclic) bond motifs is 1. The van der Waals surface area contributed by atoms with Crippen LogP contribution in [0.4, 0.5) is 0 Å². The molecule has 1 aromatic heterocycles. The molecule has 2 aromatic carbocycles. The van der Waals surface area contributed by atoms with Crippen LogP contribution in [0.3, 0.4) is 0 Å². The van der Waals surface area contributed by atoms with Crippen LogP contribution < -0.4 is 4.74 Å². The van der Waals surface area contributed by atoms with E-state index in [1.165, 1.54) is 4.31 Å². The van der Waals surface area contributed by atoms with Crippen molar-refractivity contribution >= 4 is 26.6 Å². The number of aromatic nitrogens is 1. The molecule has 1 unspecified atom stereocenters. The number of methoxy groups -OCH3 is 1. The van der Waals surface area contributed by atoms with E-state index in [0.29, 0.717) is 44.3 Å². The van der Waals surface area contributed by atoms with Crippen molar-refractivity contribution in [1.82, 2.24) is 14.2 Å². The van der Waals surface area contributed by atoms with Crippen molar-refractivity contribution < 1.29 is 17.9 Å². The maximum absolute atomic E-state index is 13.8. The Morgan fingerprint density at radius 3 is 2.52 bits per heavy atom. The van der Waals surface area contributed by atoms with Crippen LogP contribution in [0.5, 0.6) is 5.75 Å². The Morgan fingerprint density at radius 1 is 1.09 bits per heavy atom. The molecular formula is C25H29N3O4S. The van der Waals surface area contributed by atoms with Crippen molar-refractivity contribution in [3.8, 4) is 5.75 Å². The lowest BCUT2D eigenvalue weighted by molar-refractivity contribution is -0.121. The summed E-state index contributed by atoms with van der Waals surface area (Å²) in [5.41, 5.74) is 1.03. The largest absolute Gasteiger partial charge is 0.497 e. The van der Waals surface area contributed by atoms with E-state index >= 15 is 0 Å². The monoisotopic (exact) mass is 467 g/mol. The molecule has 8 heteroatoms. The fraction of sp³-hybridized carbons (Fsp3) is 0.360. The highest BCUT2D eigenvalue weighted by atomic mass is 32.2. The lowest BCUT2D eigenvalue weighted by Crippen LogP contribution is -2.48. The van der Waals surface area contributed by atoms with Gasteiger partial charge in [-0.25, -0.2) is 8.42 Å². The summed E-state index contributed by atoms with van der Waals surface area (Å²) in [6, 6.07) is 14.4. The normalized spacial score (nSPS) is 16.3. The van der Waals surface area contributed by atoms with Gasteiger partial charge in [0.05, 0.1) is 12.0 Å². The molecule has 1 saturated heterocycles. The zero-order chi connectivity index (χ0) is 23.4. The summed E-state index contributed by atoms with van der Waals surface area (Å²) < 4.78 is 34.3. The Bertz CT molecular complexity index is 1210. The molecule has 4 rings (SSSR count). The smallest absolute Gasteiger partial charge is 0.243 e. The topological polar surface area (TPSA) is 79.8 Å². The van der Waals surface area contributed by atoms with Crippen LogP contribution in [0.2, 0.25) is 0 Å². The average molecular weight is 468 g/mol. The van der Waals surface area contributed by atoms with E-state index in [1.807, 2.05) is 30.3 Å². The summed E-state index contributed by atoms with van der Waals surface area (Å²) in [7, 11) is -0.500. The third kappa shape index (κ3) is 5.24. The van der Waals surface area contributed by atoms with Gasteiger partial charge in [-0.3, -0.25) is 9.78 Å². The zero-order valence-corrected chi connectivity index (χ0v) is 19.8. The molecule has 0 aliphatic carbocycles. The van der Waals surface area contributed by atoms with Crippen molar-refractivity contribution in [3.05, 3.63) is 66.5 Å². The van der Waals surface area contributed by atoms with Gasteiger partial charge in [0.1, 0.15) is 11.5 Å². The lowest BCUT2D eigenvalue weighted by Gasteiger charge is -2.34. The number of carbonyl (C=O) groups is 1. The summed E-state index contributed by atoms with van der Waals surface area (Å²) in [6.07, 6.45) is 4.87. The number of pyridine rings is 1. The molecular weight excluding hydrogens is 438 g/mol. The summed E-state index contributed by atoms with van der Waals surface area (Å²) in [5, 5.41) is 1.44. The molecule has 3 aromatic rings. The number of hydrogen-bond donors (Lipinski definition) is 0. The minimum absolute atomic E-state index is 0.267. The lowest BCUT2D eigenvalue weighted by atomic mass is 10.0. The molecule has 0 N–H and O–H groups in total. The number of sulfonamides is 1. The third-order valence-electron chi connectivity index (χ3n) is 6.33. The van der Waals surface area contributed by atoms with E-state index in [0.717, 1.165) is 16.7 Å². The fourth-order valence-corrected chi connectivity index (χ4v) is 5.85. The zero-order valence-electron chi connectivity index (χ0n) is 19.0. The van der Waals surface area contributed by atoms with Gasteiger partial charge < -0.3 is 9.64 Å². The average Bonchev–Trinajstić information content (AvgIpc) is 2.84. The number of piperidine rings is 1. The number of rotatable bonds is 8. The molecule has 0 radical (unpaired) electrons. The Kier molecular flexibility index (Phi) is 7.07. The van der Waals surface area contributed by atoms with Crippen molar-refractivity contribution in [2.45, 2.75) is 30.2 Å². The van der Waals surface area contributed by atoms with Gasteiger partial charge >= 0.3 is 0 Å². The predicted molar refractivity (Wildman–Crippen MR) is 128 cm³/mol. The number of benzene rings is 2. The van der Waals surface area contributed by atoms with Gasteiger partial charge in [0.25, 0.3) is 0 Å². The summed E-state index contributed by atoms with van der Waals surface area (Å²) in [4.78, 5) is 18.3. The van der Waals surface area contributed by atoms with Crippen molar-refractivity contribution in [3.63, 3.8) is 0 Å². The molecule has 7 nitrogen and oxygen atoms in total. The van der Waals surface area contributed by atoms with E-state index in [9.17, 15) is 13.2 Å². The second-order valence-corrected chi connectivity index (χ2v) is 10.4. The Hall–Kier alpha value is -2.81. The number of ether oxygens (including phenoxy) is 1. The van der Waals surface area contributed by atoms with E-state index < -0.39 is 10.0 Å². The molecule has 174 valence electrons. The first kappa shape index (κ1) is 23.4. The van der Waals surface area contributed by atoms with Crippen LogP contribution in [0.15, 0.2) is 65.8 Å². The summed E-state index contributed by atoms with van der Waals surface area (Å²) in [5.74, 6) is 1.03. The van der Waals surface area contributed by atoms with Crippen molar-refractivity contribution in [1.29, 1.82) is 0 Å². The number of ketones is 1. The van der Waals surface area contributed by atoms with Gasteiger partial charge in [-0.1, -0.05) is 24.3 Å². The van der Waals surface area contributed by atoms with Gasteiger partial charge in [0.2, 0.25) is 10.0 Å². The SMILES string of the molecule is COc1ccc(CC(CN2CCC(=O)CC2)N(C)S(=O)(=O)c2cccc3cnccc23)cc1. The third-order valence-corrected chi connectivity index (χ3v) is 8.29. The van der Waals surface area contributed by atoms with Crippen LogP contribution in [0.1, 0.15) is 18.4 Å². The highest BCUT2D eigenvalue weighted by Crippen LogP contribution is 2.27. The van der Waals surface area contributed by atoms with Gasteiger partial charge in [0, 0.05) is 68.7 Å². The minimum atomic E-state index is -3.77. The van der Waals surface area contributed by atoms with Crippen LogP contribution in [-0.2, 0) is 21.2 Å². The van der Waals surface area contributed by atoms with Crippen molar-refractivity contribution in [2.24, 2.45) is 0 Å². The Morgan fingerprint density at radius 2 is 1.82 bits per heavy atom. The van der Waals surface area contributed by atoms with Gasteiger partial charge in [0.15, 0.2) is 0 Å². The molecule has 1 fully saturated rings. The van der Waals surface area contributed by atoms with Gasteiger partial charge in [-0.05, 0) is 36.2 Å². The second-order valence-electron chi connectivity index (χ2n) is 8.42. The molecule has 33 heavy (non-hydrogen) atoms. The van der Waals surface area contributed by atoms with E-state index in [2.05, 4.69) is 9.88 Å². The highest BCUT2D eigenvalue weighted by molar-refractivity contribution is 7.89. The van der Waals surface area contributed by atoms with Crippen LogP contribution in [0, 0.1) is 0 Å². The number of Topliss-reactive ketones (excluding diaryl/α,β-unsaturated/α-hetero) is 1. The second kappa shape index (κ2) is 9.99. The van der Waals surface area contributed by atoms with E-state index in [4.69, 9.17) is 4.74 Å². The van der Waals surface area contributed by atoms with Crippen molar-refractivity contribution in [2.75, 3.05) is 33.8 Å². The molecule has 1 atom stereocenters. The number of carbonyl (C=O) groups excluding carboxylic acids is 1.